The van der Waals surface area contributed by atoms with Gasteiger partial charge in [0.25, 0.3) is 5.69 Å². The van der Waals surface area contributed by atoms with Crippen LogP contribution in [-0.2, 0) is 0 Å². The molecular weight excluding hydrogens is 180 g/mol. The molecule has 12 heavy (non-hydrogen) atoms. The first-order valence-corrected chi connectivity index (χ1v) is 3.34. The van der Waals surface area contributed by atoms with Crippen LogP contribution in [0.5, 0.6) is 0 Å². The minimum Gasteiger partial charge on any atom is -0.258 e. The predicted molar refractivity (Wildman–Crippen MR) is 44.4 cm³/mol. The number of benzene rings is 1. The number of nitrogens with zero attached hydrogens (tertiary/aromatic N) is 2. The van der Waals surface area contributed by atoms with Crippen LogP contribution >= 0.6 is 11.6 Å². The lowest BCUT2D eigenvalue weighted by Crippen LogP contribution is -1.86. The summed E-state index contributed by atoms with van der Waals surface area (Å²) in [6.45, 7) is 6.63. The molecule has 1 aromatic carbocycles. The van der Waals surface area contributed by atoms with Gasteiger partial charge in [0, 0.05) is 12.1 Å². The Balaban J connectivity index is 3.21. The number of non-ortho nitro benzene ring substituents is 1. The molecule has 0 aromatic heterocycles. The lowest BCUT2D eigenvalue weighted by molar-refractivity contribution is -0.384. The number of rotatable bonds is 1. The van der Waals surface area contributed by atoms with Crippen molar-refractivity contribution in [2.45, 2.75) is 0 Å². The van der Waals surface area contributed by atoms with E-state index in [1.54, 1.807) is 0 Å². The maximum absolute atomic E-state index is 10.2. The van der Waals surface area contributed by atoms with Gasteiger partial charge in [0.1, 0.15) is 0 Å². The van der Waals surface area contributed by atoms with Crippen molar-refractivity contribution in [3.8, 4) is 0 Å². The zero-order valence-electron chi connectivity index (χ0n) is 5.82. The maximum atomic E-state index is 10.2. The van der Waals surface area contributed by atoms with Gasteiger partial charge in [0.05, 0.1) is 16.5 Å². The van der Waals surface area contributed by atoms with E-state index in [4.69, 9.17) is 18.2 Å². The maximum Gasteiger partial charge on any atom is 0.268 e. The third-order valence-electron chi connectivity index (χ3n) is 1.26. The van der Waals surface area contributed by atoms with E-state index in [0.717, 1.165) is 6.07 Å². The van der Waals surface area contributed by atoms with E-state index in [0.29, 0.717) is 0 Å². The third kappa shape index (κ3) is 1.52. The predicted octanol–water partition coefficient (Wildman–Crippen LogP) is 2.80. The van der Waals surface area contributed by atoms with Crippen LogP contribution in [0.2, 0.25) is 5.02 Å². The molecule has 0 amide bonds. The molecule has 60 valence electrons. The molecule has 0 saturated carbocycles. The highest BCUT2D eigenvalue weighted by atomic mass is 35.5. The van der Waals surface area contributed by atoms with Crippen LogP contribution < -0.4 is 0 Å². The molecule has 0 heterocycles. The van der Waals surface area contributed by atoms with Gasteiger partial charge in [-0.15, -0.1) is 0 Å². The fraction of sp³-hybridized carbons (Fsp3) is 0. The molecule has 4 nitrogen and oxygen atoms in total. The Morgan fingerprint density at radius 1 is 1.58 bits per heavy atom. The van der Waals surface area contributed by atoms with Crippen LogP contribution in [0.4, 0.5) is 11.4 Å². The summed E-state index contributed by atoms with van der Waals surface area (Å²) in [6.07, 6.45) is 0. The number of hydrogen-bond donors (Lipinski definition) is 0. The van der Waals surface area contributed by atoms with E-state index in [-0.39, 0.29) is 16.4 Å². The average Bonchev–Trinajstić information content (AvgIpc) is 2.04. The first kappa shape index (κ1) is 8.50. The Kier molecular flexibility index (Phi) is 2.26. The topological polar surface area (TPSA) is 47.5 Å². The van der Waals surface area contributed by atoms with Crippen molar-refractivity contribution in [3.05, 3.63) is 44.8 Å². The molecule has 0 atom stereocenters. The lowest BCUT2D eigenvalue weighted by atomic mass is 10.3. The third-order valence-corrected chi connectivity index (χ3v) is 1.57. The average molecular weight is 183 g/mol. The highest BCUT2D eigenvalue weighted by Crippen LogP contribution is 2.28. The Labute approximate surface area is 73.4 Å². The normalized spacial score (nSPS) is 9.00. The van der Waals surface area contributed by atoms with Crippen molar-refractivity contribution in [1.29, 1.82) is 0 Å². The summed E-state index contributed by atoms with van der Waals surface area (Å²) in [5, 5.41) is 10.3. The molecule has 0 bridgehead atoms. The minimum absolute atomic E-state index is 0.104. The molecule has 1 rings (SSSR count). The summed E-state index contributed by atoms with van der Waals surface area (Å²) in [5.41, 5.74) is 0.120. The molecule has 0 N–H and O–H groups in total. The zero-order valence-corrected chi connectivity index (χ0v) is 6.58. The van der Waals surface area contributed by atoms with Crippen molar-refractivity contribution in [1.82, 2.24) is 0 Å². The van der Waals surface area contributed by atoms with Crippen LogP contribution in [0, 0.1) is 16.7 Å². The molecule has 0 fully saturated rings. The van der Waals surface area contributed by atoms with E-state index in [9.17, 15) is 10.1 Å². The molecule has 1 aromatic rings. The van der Waals surface area contributed by atoms with Crippen LogP contribution in [-0.4, -0.2) is 4.92 Å². The molecule has 0 saturated heterocycles. The summed E-state index contributed by atoms with van der Waals surface area (Å²) < 4.78 is 0. The van der Waals surface area contributed by atoms with Crippen molar-refractivity contribution >= 4 is 23.0 Å². The second-order valence-electron chi connectivity index (χ2n) is 2.00. The molecule has 5 heteroatoms. The fourth-order valence-electron chi connectivity index (χ4n) is 0.700. The van der Waals surface area contributed by atoms with Gasteiger partial charge in [-0.3, -0.25) is 10.1 Å². The fourth-order valence-corrected chi connectivity index (χ4v) is 0.917. The van der Waals surface area contributed by atoms with Gasteiger partial charge in [0.15, 0.2) is 0 Å². The molecule has 0 aliphatic heterocycles. The van der Waals surface area contributed by atoms with Gasteiger partial charge in [-0.05, 0) is 6.07 Å². The Bertz CT molecular complexity index is 370. The van der Waals surface area contributed by atoms with Gasteiger partial charge in [0.2, 0.25) is 5.69 Å². The van der Waals surface area contributed by atoms with Gasteiger partial charge in [-0.25, -0.2) is 4.85 Å². The van der Waals surface area contributed by atoms with Gasteiger partial charge < -0.3 is 0 Å². The molecular formula is C7H3ClN2O2. The minimum atomic E-state index is -0.556. The summed E-state index contributed by atoms with van der Waals surface area (Å²) in [5.74, 6) is 0. The number of nitro groups is 1. The van der Waals surface area contributed by atoms with Crippen molar-refractivity contribution in [2.24, 2.45) is 0 Å². The van der Waals surface area contributed by atoms with E-state index in [2.05, 4.69) is 4.85 Å². The Morgan fingerprint density at radius 3 is 2.67 bits per heavy atom. The lowest BCUT2D eigenvalue weighted by Gasteiger charge is -1.93. The number of halogens is 1. The van der Waals surface area contributed by atoms with Crippen LogP contribution in [0.15, 0.2) is 18.2 Å². The molecule has 0 unspecified atom stereocenters. The van der Waals surface area contributed by atoms with Gasteiger partial charge in [-0.1, -0.05) is 11.6 Å². The van der Waals surface area contributed by atoms with Crippen LogP contribution in [0.25, 0.3) is 4.85 Å². The second-order valence-corrected chi connectivity index (χ2v) is 2.41. The van der Waals surface area contributed by atoms with Crippen molar-refractivity contribution < 1.29 is 4.92 Å². The van der Waals surface area contributed by atoms with Gasteiger partial charge in [-0.2, -0.15) is 0 Å². The summed E-state index contributed by atoms with van der Waals surface area (Å²) in [4.78, 5) is 12.7. The first-order valence-electron chi connectivity index (χ1n) is 2.96. The molecule has 0 spiro atoms. The largest absolute Gasteiger partial charge is 0.268 e. The summed E-state index contributed by atoms with van der Waals surface area (Å²) >= 11 is 5.56. The quantitative estimate of drug-likeness (QED) is 0.381. The van der Waals surface area contributed by atoms with E-state index in [1.807, 2.05) is 0 Å². The summed E-state index contributed by atoms with van der Waals surface area (Å²) in [6, 6.07) is 3.74. The summed E-state index contributed by atoms with van der Waals surface area (Å²) in [7, 11) is 0. The smallest absolute Gasteiger partial charge is 0.258 e. The van der Waals surface area contributed by atoms with Crippen molar-refractivity contribution in [3.63, 3.8) is 0 Å². The molecule has 0 aliphatic rings. The monoisotopic (exact) mass is 182 g/mol. The molecule has 0 aliphatic carbocycles. The second kappa shape index (κ2) is 3.20. The SMILES string of the molecule is [C-]#[N+]c1ccc([N+](=O)[O-])cc1Cl. The van der Waals surface area contributed by atoms with Crippen molar-refractivity contribution in [2.75, 3.05) is 0 Å². The number of nitro benzene ring substituents is 1. The van der Waals surface area contributed by atoms with E-state index < -0.39 is 4.92 Å². The Morgan fingerprint density at radius 2 is 2.25 bits per heavy atom. The van der Waals surface area contributed by atoms with Crippen LogP contribution in [0.3, 0.4) is 0 Å². The standard InChI is InChI=1S/C7H3ClN2O2/c1-9-7-3-2-5(10(11)12)4-6(7)8/h2-4H. The van der Waals surface area contributed by atoms with Gasteiger partial charge >= 0.3 is 0 Å². The number of hydrogen-bond acceptors (Lipinski definition) is 2. The van der Waals surface area contributed by atoms with Crippen LogP contribution in [0.1, 0.15) is 0 Å². The van der Waals surface area contributed by atoms with E-state index >= 15 is 0 Å². The Hall–Kier alpha value is -1.60. The first-order chi connectivity index (χ1) is 5.65. The zero-order chi connectivity index (χ0) is 9.14. The molecule has 0 radical (unpaired) electrons. The highest BCUT2D eigenvalue weighted by Gasteiger charge is 2.08. The van der Waals surface area contributed by atoms with E-state index in [1.165, 1.54) is 12.1 Å². The highest BCUT2D eigenvalue weighted by molar-refractivity contribution is 6.33.